The fourth-order valence-corrected chi connectivity index (χ4v) is 9.37. The summed E-state index contributed by atoms with van der Waals surface area (Å²) in [4.78, 5) is 0. The average molecular weight is 914 g/mol. The number of allylic oxidation sites excluding steroid dienone is 4. The number of benzene rings is 2. The topological polar surface area (TPSA) is 25.3 Å². The summed E-state index contributed by atoms with van der Waals surface area (Å²) in [5.41, 5.74) is 19.2. The van der Waals surface area contributed by atoms with Crippen LogP contribution in [0.3, 0.4) is 0 Å². The molecule has 0 saturated carbocycles. The standard InChI is InChI=1S/C49H68N2.2C6H13.Ni/c1-4-7-10-12-14-16-18-20-22-24-26-29-35-43-37-31-33-40-46(43)48-42-45(39-28-9-6-3)49(51(48)50)47-41-34-32-38-44(47)36-30-27-25-23-21-19-17-15-13-11-8-5-2;2*1-3-5-6-4-2;/h28,31-34,37-42H,4-23,29-30,35-36H2,1-3H3;2*1,3-6H2,2H3;. The van der Waals surface area contributed by atoms with E-state index in [9.17, 15) is 5.53 Å². The van der Waals surface area contributed by atoms with Gasteiger partial charge in [0, 0.05) is 42.9 Å². The zero-order valence-electron chi connectivity index (χ0n) is 42.1. The minimum atomic E-state index is 0.830. The Morgan fingerprint density at radius 2 is 0.875 bits per heavy atom. The third-order valence-electron chi connectivity index (χ3n) is 12.1. The normalized spacial score (nSPS) is 12.3. The molecule has 3 heteroatoms. The van der Waals surface area contributed by atoms with Crippen molar-refractivity contribution in [2.24, 2.45) is 0 Å². The van der Waals surface area contributed by atoms with Crippen LogP contribution in [0.1, 0.15) is 249 Å². The zero-order valence-corrected chi connectivity index (χ0v) is 43.1. The van der Waals surface area contributed by atoms with E-state index in [4.69, 9.17) is 0 Å². The van der Waals surface area contributed by atoms with Gasteiger partial charge in [-0.2, -0.15) is 0 Å². The summed E-state index contributed by atoms with van der Waals surface area (Å²) in [6.45, 7) is 11.3. The summed E-state index contributed by atoms with van der Waals surface area (Å²) < 4.78 is 1.44. The van der Waals surface area contributed by atoms with Crippen LogP contribution in [-0.2, 0) is 27.3 Å². The molecule has 0 saturated heterocycles. The monoisotopic (exact) mass is 913 g/mol. The van der Waals surface area contributed by atoms with Crippen LogP contribution < -0.4 is 0 Å². The Hall–Kier alpha value is -3.13. The van der Waals surface area contributed by atoms with Crippen LogP contribution >= 0.6 is 0 Å². The molecule has 1 heterocycles. The van der Waals surface area contributed by atoms with Gasteiger partial charge in [0.1, 0.15) is 0 Å². The van der Waals surface area contributed by atoms with E-state index in [1.165, 1.54) is 181 Å². The Labute approximate surface area is 403 Å². The van der Waals surface area contributed by atoms with E-state index in [0.29, 0.717) is 0 Å². The number of hydrogen-bond donors (Lipinski definition) is 0. The van der Waals surface area contributed by atoms with Crippen LogP contribution in [0, 0.1) is 23.7 Å². The molecular weight excluding hydrogens is 819 g/mol. The van der Waals surface area contributed by atoms with Crippen LogP contribution in [0.15, 0.2) is 72.3 Å². The predicted molar refractivity (Wildman–Crippen MR) is 280 cm³/mol. The molecule has 64 heavy (non-hydrogen) atoms. The predicted octanol–water partition coefficient (Wildman–Crippen LogP) is 19.8. The second-order valence-electron chi connectivity index (χ2n) is 17.9. The van der Waals surface area contributed by atoms with Crippen LogP contribution in [0.4, 0.5) is 0 Å². The second kappa shape index (κ2) is 41.3. The molecular formula is C61H94N2Ni. The van der Waals surface area contributed by atoms with Crippen molar-refractivity contribution in [3.05, 3.63) is 100 Å². The maximum atomic E-state index is 11.9. The Bertz CT molecular complexity index is 1690. The molecule has 1 aliphatic rings. The Kier molecular flexibility index (Phi) is 36.8. The van der Waals surface area contributed by atoms with E-state index >= 15 is 0 Å². The number of nitrogens with zero attached hydrogens (tertiary/aromatic N) is 2. The summed E-state index contributed by atoms with van der Waals surface area (Å²) in [7, 11) is 0. The van der Waals surface area contributed by atoms with E-state index in [0.717, 1.165) is 79.5 Å². The zero-order chi connectivity index (χ0) is 46.0. The van der Waals surface area contributed by atoms with Crippen molar-refractivity contribution >= 4 is 11.4 Å². The molecule has 1 aliphatic heterocycles. The molecule has 0 atom stereocenters. The summed E-state index contributed by atoms with van der Waals surface area (Å²) in [6.07, 6.45) is 46.8. The van der Waals surface area contributed by atoms with Gasteiger partial charge in [0.25, 0.3) is 0 Å². The Morgan fingerprint density at radius 3 is 1.36 bits per heavy atom. The SMILES string of the molecule is CCCC=CC1=C(c2ccccc2CCC#CCCCCCCCCCC)[N+](=[N-])C(c2ccccc2CCC#CCCCCCCCCCC)=C1.CCCCC[CH2][Ni][CH2]CCCCC. The van der Waals surface area contributed by atoms with Gasteiger partial charge in [-0.1, -0.05) is 166 Å². The molecule has 0 bridgehead atoms. The molecule has 0 fully saturated rings. The molecule has 2 aromatic carbocycles. The van der Waals surface area contributed by atoms with E-state index < -0.39 is 0 Å². The molecule has 3 rings (SSSR count). The van der Waals surface area contributed by atoms with Gasteiger partial charge in [-0.3, -0.25) is 0 Å². The van der Waals surface area contributed by atoms with Crippen molar-refractivity contribution in [1.29, 1.82) is 0 Å². The van der Waals surface area contributed by atoms with Gasteiger partial charge in [-0.25, -0.2) is 4.70 Å². The third-order valence-corrected chi connectivity index (χ3v) is 13.5. The van der Waals surface area contributed by atoms with Crippen LogP contribution in [0.5, 0.6) is 0 Å². The van der Waals surface area contributed by atoms with Crippen molar-refractivity contribution in [2.75, 3.05) is 0 Å². The van der Waals surface area contributed by atoms with Gasteiger partial charge in [0.05, 0.1) is 5.57 Å². The first-order valence-electron chi connectivity index (χ1n) is 26.8. The molecule has 0 amide bonds. The molecule has 0 aliphatic carbocycles. The molecule has 358 valence electrons. The summed E-state index contributed by atoms with van der Waals surface area (Å²) in [6, 6.07) is 17.0. The van der Waals surface area contributed by atoms with E-state index in [-0.39, 0.29) is 0 Å². The molecule has 2 nitrogen and oxygen atoms in total. The average Bonchev–Trinajstić information content (AvgIpc) is 3.64. The van der Waals surface area contributed by atoms with Crippen molar-refractivity contribution in [2.45, 2.75) is 251 Å². The molecule has 0 spiro atoms. The number of unbranched alkanes of at least 4 members (excludes halogenated alkanes) is 23. The number of hydrogen-bond acceptors (Lipinski definition) is 0. The second-order valence-corrected chi connectivity index (χ2v) is 19.4. The van der Waals surface area contributed by atoms with Crippen molar-refractivity contribution in [3.8, 4) is 23.7 Å². The maximum absolute atomic E-state index is 11.9. The van der Waals surface area contributed by atoms with Crippen LogP contribution in [-0.4, -0.2) is 4.70 Å². The van der Waals surface area contributed by atoms with Crippen molar-refractivity contribution in [3.63, 3.8) is 0 Å². The summed E-state index contributed by atoms with van der Waals surface area (Å²) >= 11 is 1.99. The van der Waals surface area contributed by atoms with Gasteiger partial charge in [-0.05, 0) is 55.4 Å². The van der Waals surface area contributed by atoms with Gasteiger partial charge in [-0.15, -0.1) is 23.7 Å². The van der Waals surface area contributed by atoms with Crippen LogP contribution in [0.25, 0.3) is 16.9 Å². The fraction of sp³-hybridized carbons (Fsp3) is 0.639. The van der Waals surface area contributed by atoms with E-state index in [2.05, 4.69) is 125 Å². The number of rotatable bonds is 35. The van der Waals surface area contributed by atoms with Crippen molar-refractivity contribution < 1.29 is 19.1 Å². The van der Waals surface area contributed by atoms with E-state index in [1.807, 2.05) is 14.4 Å². The molecule has 0 unspecified atom stereocenters. The van der Waals surface area contributed by atoms with Gasteiger partial charge in [0.2, 0.25) is 11.4 Å². The molecule has 0 N–H and O–H groups in total. The first kappa shape index (κ1) is 57.0. The van der Waals surface area contributed by atoms with Crippen molar-refractivity contribution in [1.82, 2.24) is 0 Å². The quantitative estimate of drug-likeness (QED) is 0.0285. The molecule has 2 aromatic rings. The molecule has 0 radical (unpaired) electrons. The van der Waals surface area contributed by atoms with E-state index in [1.54, 1.807) is 0 Å². The Balaban J connectivity index is 0.000000934. The van der Waals surface area contributed by atoms with Gasteiger partial charge >= 0.3 is 90.4 Å². The first-order valence-corrected chi connectivity index (χ1v) is 28.2. The summed E-state index contributed by atoms with van der Waals surface area (Å²) in [5, 5.41) is 2.83. The number of aryl methyl sites for hydroxylation is 2. The minimum absolute atomic E-state index is 0.830. The first-order chi connectivity index (χ1) is 31.6. The van der Waals surface area contributed by atoms with Gasteiger partial charge < -0.3 is 5.53 Å². The van der Waals surface area contributed by atoms with Crippen LogP contribution in [0.2, 0.25) is 10.8 Å². The molecule has 0 aromatic heterocycles. The summed E-state index contributed by atoms with van der Waals surface area (Å²) in [5.74, 6) is 13.7. The Morgan fingerprint density at radius 1 is 0.469 bits per heavy atom. The van der Waals surface area contributed by atoms with Gasteiger partial charge in [0.15, 0.2) is 0 Å². The fourth-order valence-electron chi connectivity index (χ4n) is 8.13. The third kappa shape index (κ3) is 26.7.